The van der Waals surface area contributed by atoms with E-state index in [1.807, 2.05) is 12.1 Å². The molecule has 8 heteroatoms. The van der Waals surface area contributed by atoms with Gasteiger partial charge in [-0.1, -0.05) is 63.4 Å². The number of amides is 1. The Morgan fingerprint density at radius 3 is 2.53 bits per heavy atom. The van der Waals surface area contributed by atoms with Gasteiger partial charge in [0.2, 0.25) is 0 Å². The van der Waals surface area contributed by atoms with Crippen LogP contribution in [-0.2, 0) is 11.4 Å². The van der Waals surface area contributed by atoms with Gasteiger partial charge in [0, 0.05) is 25.8 Å². The van der Waals surface area contributed by atoms with E-state index in [4.69, 9.17) is 32.7 Å². The Hall–Kier alpha value is -2.98. The molecule has 0 aliphatic carbocycles. The molecule has 5 nitrogen and oxygen atoms in total. The lowest BCUT2D eigenvalue weighted by atomic mass is 10.1. The second-order valence-electron chi connectivity index (χ2n) is 6.54. The van der Waals surface area contributed by atoms with Crippen molar-refractivity contribution in [2.45, 2.75) is 6.61 Å². The number of nitrogens with zero attached hydrogens (tertiary/aromatic N) is 1. The van der Waals surface area contributed by atoms with Gasteiger partial charge in [-0.05, 0) is 48.0 Å². The summed E-state index contributed by atoms with van der Waals surface area (Å²) in [4.78, 5) is 12.5. The Balaban J connectivity index is 1.83. The minimum atomic E-state index is -0.512. The fraction of sp³-hybridized carbons (Fsp3) is 0.0833. The number of para-hydroxylation sites is 1. The first-order valence-corrected chi connectivity index (χ1v) is 10.9. The zero-order chi connectivity index (χ0) is 23.1. The molecule has 0 saturated heterocycles. The fourth-order valence-corrected chi connectivity index (χ4v) is 3.65. The lowest BCUT2D eigenvalue weighted by molar-refractivity contribution is -0.112. The Morgan fingerprint density at radius 2 is 1.88 bits per heavy atom. The quantitative estimate of drug-likeness (QED) is 0.266. The highest BCUT2D eigenvalue weighted by Crippen LogP contribution is 2.35. The van der Waals surface area contributed by atoms with E-state index in [0.717, 1.165) is 5.56 Å². The molecule has 0 heterocycles. The predicted molar refractivity (Wildman–Crippen MR) is 130 cm³/mol. The van der Waals surface area contributed by atoms with Crippen LogP contribution in [0.2, 0.25) is 10.0 Å². The number of hydrogen-bond donors (Lipinski definition) is 1. The molecule has 0 unspecified atom stereocenters. The van der Waals surface area contributed by atoms with Crippen molar-refractivity contribution in [3.8, 4) is 17.6 Å². The summed E-state index contributed by atoms with van der Waals surface area (Å²) in [6.45, 7) is 0.205. The molecule has 0 atom stereocenters. The number of ether oxygens (including phenoxy) is 2. The SMILES string of the molecule is COc1cc(C=C(C#N)C(=O)Nc2ccccc2)c(Br)cc1OCc1ccc(Cl)cc1Cl. The van der Waals surface area contributed by atoms with Crippen LogP contribution in [0.25, 0.3) is 6.08 Å². The lowest BCUT2D eigenvalue weighted by Crippen LogP contribution is -2.13. The molecule has 1 N–H and O–H groups in total. The van der Waals surface area contributed by atoms with Gasteiger partial charge in [0.25, 0.3) is 5.91 Å². The Labute approximate surface area is 204 Å². The second kappa shape index (κ2) is 11.1. The molecule has 0 aromatic heterocycles. The van der Waals surface area contributed by atoms with Crippen LogP contribution in [0.15, 0.2) is 70.7 Å². The first kappa shape index (κ1) is 23.7. The summed E-state index contributed by atoms with van der Waals surface area (Å²) in [5.41, 5.74) is 1.89. The van der Waals surface area contributed by atoms with Crippen molar-refractivity contribution in [1.82, 2.24) is 0 Å². The maximum Gasteiger partial charge on any atom is 0.266 e. The van der Waals surface area contributed by atoms with Crippen LogP contribution in [0.5, 0.6) is 11.5 Å². The summed E-state index contributed by atoms with van der Waals surface area (Å²) in [6.07, 6.45) is 1.48. The molecule has 0 fully saturated rings. The Morgan fingerprint density at radius 1 is 1.12 bits per heavy atom. The lowest BCUT2D eigenvalue weighted by Gasteiger charge is -2.14. The summed E-state index contributed by atoms with van der Waals surface area (Å²) in [7, 11) is 1.51. The number of nitrogens with one attached hydrogen (secondary N) is 1. The highest BCUT2D eigenvalue weighted by Gasteiger charge is 2.14. The summed E-state index contributed by atoms with van der Waals surface area (Å²) in [5.74, 6) is 0.391. The van der Waals surface area contributed by atoms with Crippen LogP contribution in [0, 0.1) is 11.3 Å². The highest BCUT2D eigenvalue weighted by molar-refractivity contribution is 9.10. The van der Waals surface area contributed by atoms with Crippen LogP contribution in [0.3, 0.4) is 0 Å². The van der Waals surface area contributed by atoms with Gasteiger partial charge in [0.1, 0.15) is 18.2 Å². The van der Waals surface area contributed by atoms with Crippen LogP contribution in [0.1, 0.15) is 11.1 Å². The number of anilines is 1. The van der Waals surface area contributed by atoms with Gasteiger partial charge >= 0.3 is 0 Å². The highest BCUT2D eigenvalue weighted by atomic mass is 79.9. The monoisotopic (exact) mass is 530 g/mol. The number of nitriles is 1. The first-order chi connectivity index (χ1) is 15.4. The molecular weight excluding hydrogens is 515 g/mol. The second-order valence-corrected chi connectivity index (χ2v) is 8.24. The van der Waals surface area contributed by atoms with E-state index in [0.29, 0.717) is 37.3 Å². The van der Waals surface area contributed by atoms with Crippen molar-refractivity contribution < 1.29 is 14.3 Å². The molecule has 3 aromatic rings. The van der Waals surface area contributed by atoms with E-state index in [2.05, 4.69) is 21.2 Å². The van der Waals surface area contributed by atoms with Crippen molar-refractivity contribution in [2.24, 2.45) is 0 Å². The third-order valence-electron chi connectivity index (χ3n) is 4.38. The summed E-state index contributed by atoms with van der Waals surface area (Å²) < 4.78 is 11.9. The average Bonchev–Trinajstić information content (AvgIpc) is 2.78. The predicted octanol–water partition coefficient (Wildman–Crippen LogP) is 6.89. The topological polar surface area (TPSA) is 71.3 Å². The third-order valence-corrected chi connectivity index (χ3v) is 5.65. The van der Waals surface area contributed by atoms with Gasteiger partial charge in [0.05, 0.1) is 7.11 Å². The van der Waals surface area contributed by atoms with Crippen LogP contribution in [-0.4, -0.2) is 13.0 Å². The molecular formula is C24H17BrCl2N2O3. The number of carbonyl (C=O) groups excluding carboxylic acids is 1. The molecule has 0 radical (unpaired) electrons. The van der Waals surface area contributed by atoms with Crippen molar-refractivity contribution in [3.63, 3.8) is 0 Å². The van der Waals surface area contributed by atoms with E-state index in [1.54, 1.807) is 54.6 Å². The van der Waals surface area contributed by atoms with E-state index < -0.39 is 5.91 Å². The van der Waals surface area contributed by atoms with Crippen LogP contribution >= 0.6 is 39.1 Å². The summed E-state index contributed by atoms with van der Waals surface area (Å²) >= 11 is 15.6. The summed E-state index contributed by atoms with van der Waals surface area (Å²) in [6, 6.07) is 19.4. The van der Waals surface area contributed by atoms with E-state index in [-0.39, 0.29) is 12.2 Å². The molecule has 0 aliphatic rings. The van der Waals surface area contributed by atoms with E-state index in [1.165, 1.54) is 13.2 Å². The molecule has 3 rings (SSSR count). The van der Waals surface area contributed by atoms with Gasteiger partial charge < -0.3 is 14.8 Å². The molecule has 32 heavy (non-hydrogen) atoms. The van der Waals surface area contributed by atoms with Gasteiger partial charge in [0.15, 0.2) is 11.5 Å². The van der Waals surface area contributed by atoms with Crippen molar-refractivity contribution >= 4 is 56.8 Å². The van der Waals surface area contributed by atoms with Crippen molar-refractivity contribution in [2.75, 3.05) is 12.4 Å². The molecule has 162 valence electrons. The van der Waals surface area contributed by atoms with Gasteiger partial charge in [-0.15, -0.1) is 0 Å². The number of rotatable bonds is 7. The molecule has 1 amide bonds. The number of benzene rings is 3. The Bertz CT molecular complexity index is 1210. The van der Waals surface area contributed by atoms with Gasteiger partial charge in [-0.25, -0.2) is 0 Å². The maximum atomic E-state index is 12.5. The third kappa shape index (κ3) is 6.04. The Kier molecular flexibility index (Phi) is 8.18. The maximum absolute atomic E-state index is 12.5. The van der Waals surface area contributed by atoms with Gasteiger partial charge in [-0.2, -0.15) is 5.26 Å². The normalized spacial score (nSPS) is 10.9. The average molecular weight is 532 g/mol. The largest absolute Gasteiger partial charge is 0.493 e. The zero-order valence-electron chi connectivity index (χ0n) is 16.9. The fourth-order valence-electron chi connectivity index (χ4n) is 2.75. The molecule has 3 aromatic carbocycles. The van der Waals surface area contributed by atoms with Crippen LogP contribution in [0.4, 0.5) is 5.69 Å². The number of hydrogen-bond acceptors (Lipinski definition) is 4. The van der Waals surface area contributed by atoms with E-state index in [9.17, 15) is 10.1 Å². The molecule has 0 aliphatic heterocycles. The first-order valence-electron chi connectivity index (χ1n) is 9.33. The minimum absolute atomic E-state index is 0.0572. The zero-order valence-corrected chi connectivity index (χ0v) is 20.0. The summed E-state index contributed by atoms with van der Waals surface area (Å²) in [5, 5.41) is 13.2. The number of halogens is 3. The van der Waals surface area contributed by atoms with Crippen molar-refractivity contribution in [1.29, 1.82) is 5.26 Å². The molecule has 0 saturated carbocycles. The van der Waals surface area contributed by atoms with Gasteiger partial charge in [-0.3, -0.25) is 4.79 Å². The van der Waals surface area contributed by atoms with Crippen LogP contribution < -0.4 is 14.8 Å². The number of methoxy groups -OCH3 is 1. The molecule has 0 bridgehead atoms. The van der Waals surface area contributed by atoms with Crippen molar-refractivity contribution in [3.05, 3.63) is 91.9 Å². The number of carbonyl (C=O) groups is 1. The minimum Gasteiger partial charge on any atom is -0.493 e. The smallest absolute Gasteiger partial charge is 0.266 e. The molecule has 0 spiro atoms. The standard InChI is InChI=1S/C24H17BrCl2N2O3/c1-31-22-10-16(9-17(13-28)24(30)29-19-5-3-2-4-6-19)20(25)12-23(22)32-14-15-7-8-18(26)11-21(15)27/h2-12H,14H2,1H3,(H,29,30). The van der Waals surface area contributed by atoms with E-state index >= 15 is 0 Å².